The van der Waals surface area contributed by atoms with Crippen molar-refractivity contribution < 1.29 is 9.90 Å². The quantitative estimate of drug-likeness (QED) is 0.868. The smallest absolute Gasteiger partial charge is 0.309 e. The number of nitrogens with zero attached hydrogens (tertiary/aromatic N) is 1. The second kappa shape index (κ2) is 7.41. The Morgan fingerprint density at radius 1 is 1.29 bits per heavy atom. The maximum Gasteiger partial charge on any atom is 0.309 e. The maximum absolute atomic E-state index is 11.5. The molecule has 1 aliphatic rings. The van der Waals surface area contributed by atoms with Crippen molar-refractivity contribution >= 4 is 12.0 Å². The zero-order valence-corrected chi connectivity index (χ0v) is 12.8. The van der Waals surface area contributed by atoms with Gasteiger partial charge in [-0.3, -0.25) is 9.69 Å². The zero-order valence-electron chi connectivity index (χ0n) is 12.8. The van der Waals surface area contributed by atoms with Crippen LogP contribution in [0, 0.1) is 5.41 Å². The first kappa shape index (κ1) is 15.8. The van der Waals surface area contributed by atoms with Crippen LogP contribution in [0.3, 0.4) is 0 Å². The predicted octanol–water partition coefficient (Wildman–Crippen LogP) is 3.67. The Kier molecular flexibility index (Phi) is 5.57. The standard InChI is InChI=1S/C18H25NO2/c1-2-10-18(17(20)21)11-14-19(15-12-18)13-6-9-16-7-4-3-5-8-16/h3-9H,2,10-15H2,1H3,(H,20,21). The molecule has 0 amide bonds. The lowest BCUT2D eigenvalue weighted by atomic mass is 9.75. The number of carboxylic acid groups (broad SMARTS) is 1. The number of aliphatic carboxylic acids is 1. The molecule has 1 fully saturated rings. The minimum Gasteiger partial charge on any atom is -0.481 e. The summed E-state index contributed by atoms with van der Waals surface area (Å²) in [6.45, 7) is 4.73. The van der Waals surface area contributed by atoms with Crippen LogP contribution in [0.5, 0.6) is 0 Å². The molecule has 1 aromatic carbocycles. The van der Waals surface area contributed by atoms with E-state index in [9.17, 15) is 9.90 Å². The fourth-order valence-electron chi connectivity index (χ4n) is 3.11. The highest BCUT2D eigenvalue weighted by molar-refractivity contribution is 5.74. The highest BCUT2D eigenvalue weighted by Gasteiger charge is 2.40. The van der Waals surface area contributed by atoms with Gasteiger partial charge in [0.05, 0.1) is 5.41 Å². The third kappa shape index (κ3) is 4.18. The number of carboxylic acids is 1. The molecule has 1 aromatic rings. The van der Waals surface area contributed by atoms with Gasteiger partial charge in [-0.2, -0.15) is 0 Å². The van der Waals surface area contributed by atoms with Gasteiger partial charge in [0.15, 0.2) is 0 Å². The molecule has 0 atom stereocenters. The summed E-state index contributed by atoms with van der Waals surface area (Å²) in [4.78, 5) is 13.9. The average molecular weight is 287 g/mol. The molecule has 0 aliphatic carbocycles. The van der Waals surface area contributed by atoms with Gasteiger partial charge in [0.1, 0.15) is 0 Å². The van der Waals surface area contributed by atoms with Crippen LogP contribution in [0.1, 0.15) is 38.2 Å². The monoisotopic (exact) mass is 287 g/mol. The van der Waals surface area contributed by atoms with Gasteiger partial charge in [0.2, 0.25) is 0 Å². The third-order valence-corrected chi connectivity index (χ3v) is 4.47. The number of rotatable bonds is 6. The Bertz CT molecular complexity index is 473. The predicted molar refractivity (Wildman–Crippen MR) is 86.1 cm³/mol. The van der Waals surface area contributed by atoms with Crippen LogP contribution in [-0.2, 0) is 4.79 Å². The molecule has 3 nitrogen and oxygen atoms in total. The molecular formula is C18H25NO2. The average Bonchev–Trinajstić information content (AvgIpc) is 2.50. The van der Waals surface area contributed by atoms with Crippen molar-refractivity contribution in [1.82, 2.24) is 4.90 Å². The fourth-order valence-corrected chi connectivity index (χ4v) is 3.11. The zero-order chi connectivity index (χ0) is 15.1. The highest BCUT2D eigenvalue weighted by Crippen LogP contribution is 2.36. The van der Waals surface area contributed by atoms with Gasteiger partial charge in [-0.05, 0) is 37.9 Å². The number of hydrogen-bond donors (Lipinski definition) is 1. The van der Waals surface area contributed by atoms with E-state index < -0.39 is 11.4 Å². The van der Waals surface area contributed by atoms with Crippen LogP contribution in [0.25, 0.3) is 6.08 Å². The fraction of sp³-hybridized carbons (Fsp3) is 0.500. The first-order valence-corrected chi connectivity index (χ1v) is 7.84. The Morgan fingerprint density at radius 2 is 1.95 bits per heavy atom. The molecule has 3 heteroatoms. The van der Waals surface area contributed by atoms with Gasteiger partial charge < -0.3 is 5.11 Å². The summed E-state index contributed by atoms with van der Waals surface area (Å²) in [5.74, 6) is -0.608. The van der Waals surface area contributed by atoms with Crippen molar-refractivity contribution in [2.75, 3.05) is 19.6 Å². The number of carbonyl (C=O) groups is 1. The SMILES string of the molecule is CCCC1(C(=O)O)CCN(CC=Cc2ccccc2)CC1. The van der Waals surface area contributed by atoms with Crippen LogP contribution in [0.15, 0.2) is 36.4 Å². The Hall–Kier alpha value is -1.61. The van der Waals surface area contributed by atoms with Crippen molar-refractivity contribution in [2.45, 2.75) is 32.6 Å². The molecule has 0 radical (unpaired) electrons. The minimum atomic E-state index is -0.608. The normalized spacial score (nSPS) is 18.9. The highest BCUT2D eigenvalue weighted by atomic mass is 16.4. The van der Waals surface area contributed by atoms with E-state index in [0.717, 1.165) is 45.3 Å². The van der Waals surface area contributed by atoms with E-state index in [2.05, 4.69) is 36.1 Å². The van der Waals surface area contributed by atoms with E-state index in [1.807, 2.05) is 18.2 Å². The molecule has 0 bridgehead atoms. The number of benzene rings is 1. The first-order valence-electron chi connectivity index (χ1n) is 7.84. The molecule has 1 N–H and O–H groups in total. The van der Waals surface area contributed by atoms with Crippen molar-refractivity contribution in [3.8, 4) is 0 Å². The topological polar surface area (TPSA) is 40.5 Å². The summed E-state index contributed by atoms with van der Waals surface area (Å²) in [6, 6.07) is 10.3. The molecule has 1 aliphatic heterocycles. The molecule has 2 rings (SSSR count). The van der Waals surface area contributed by atoms with Gasteiger partial charge in [-0.1, -0.05) is 55.8 Å². The molecule has 114 valence electrons. The van der Waals surface area contributed by atoms with Crippen LogP contribution >= 0.6 is 0 Å². The lowest BCUT2D eigenvalue weighted by Crippen LogP contribution is -2.44. The first-order chi connectivity index (χ1) is 10.2. The number of hydrogen-bond acceptors (Lipinski definition) is 2. The van der Waals surface area contributed by atoms with Gasteiger partial charge in [-0.25, -0.2) is 0 Å². The van der Waals surface area contributed by atoms with Crippen molar-refractivity contribution in [2.24, 2.45) is 5.41 Å². The second-order valence-corrected chi connectivity index (χ2v) is 5.95. The summed E-state index contributed by atoms with van der Waals surface area (Å²) in [5.41, 5.74) is 0.731. The van der Waals surface area contributed by atoms with E-state index in [-0.39, 0.29) is 0 Å². The van der Waals surface area contributed by atoms with E-state index in [4.69, 9.17) is 0 Å². The van der Waals surface area contributed by atoms with E-state index in [0.29, 0.717) is 0 Å². The van der Waals surface area contributed by atoms with Crippen molar-refractivity contribution in [1.29, 1.82) is 0 Å². The lowest BCUT2D eigenvalue weighted by molar-refractivity contribution is -0.152. The molecule has 0 aromatic heterocycles. The molecule has 1 heterocycles. The third-order valence-electron chi connectivity index (χ3n) is 4.47. The van der Waals surface area contributed by atoms with Crippen LogP contribution in [0.2, 0.25) is 0 Å². The Labute approximate surface area is 127 Å². The molecule has 0 saturated carbocycles. The molecule has 21 heavy (non-hydrogen) atoms. The van der Waals surface area contributed by atoms with E-state index in [1.165, 1.54) is 5.56 Å². The largest absolute Gasteiger partial charge is 0.481 e. The molecule has 0 spiro atoms. The molecular weight excluding hydrogens is 262 g/mol. The molecule has 0 unspecified atom stereocenters. The van der Waals surface area contributed by atoms with Crippen LogP contribution in [-0.4, -0.2) is 35.6 Å². The summed E-state index contributed by atoms with van der Waals surface area (Å²) in [6.07, 6.45) is 7.59. The van der Waals surface area contributed by atoms with Crippen molar-refractivity contribution in [3.05, 3.63) is 42.0 Å². The van der Waals surface area contributed by atoms with Gasteiger partial charge >= 0.3 is 5.97 Å². The second-order valence-electron chi connectivity index (χ2n) is 5.95. The van der Waals surface area contributed by atoms with Crippen molar-refractivity contribution in [3.63, 3.8) is 0 Å². The summed E-state index contributed by atoms with van der Waals surface area (Å²) in [5, 5.41) is 9.50. The Morgan fingerprint density at radius 3 is 2.52 bits per heavy atom. The minimum absolute atomic E-state index is 0.478. The summed E-state index contributed by atoms with van der Waals surface area (Å²) >= 11 is 0. The maximum atomic E-state index is 11.5. The van der Waals surface area contributed by atoms with Gasteiger partial charge in [0.25, 0.3) is 0 Å². The van der Waals surface area contributed by atoms with Gasteiger partial charge in [-0.15, -0.1) is 0 Å². The van der Waals surface area contributed by atoms with E-state index >= 15 is 0 Å². The summed E-state index contributed by atoms with van der Waals surface area (Å²) < 4.78 is 0. The van der Waals surface area contributed by atoms with E-state index in [1.54, 1.807) is 0 Å². The lowest BCUT2D eigenvalue weighted by Gasteiger charge is -2.38. The number of piperidine rings is 1. The van der Waals surface area contributed by atoms with Gasteiger partial charge in [0, 0.05) is 6.54 Å². The summed E-state index contributed by atoms with van der Waals surface area (Å²) in [7, 11) is 0. The Balaban J connectivity index is 1.84. The van der Waals surface area contributed by atoms with Crippen LogP contribution < -0.4 is 0 Å². The molecule has 1 saturated heterocycles. The number of likely N-dealkylation sites (tertiary alicyclic amines) is 1. The van der Waals surface area contributed by atoms with Crippen LogP contribution in [0.4, 0.5) is 0 Å².